The molecule has 0 fully saturated rings. The molecular weight excluding hydrogens is 326 g/mol. The van der Waals surface area contributed by atoms with E-state index in [-0.39, 0.29) is 0 Å². The predicted octanol–water partition coefficient (Wildman–Crippen LogP) is 4.06. The van der Waals surface area contributed by atoms with Crippen molar-refractivity contribution in [2.75, 3.05) is 5.75 Å². The number of aryl methyl sites for hydroxylation is 3. The van der Waals surface area contributed by atoms with E-state index >= 15 is 0 Å². The van der Waals surface area contributed by atoms with Crippen molar-refractivity contribution in [1.29, 1.82) is 0 Å². The normalized spacial score (nSPS) is 12.0. The maximum absolute atomic E-state index is 4.39. The van der Waals surface area contributed by atoms with E-state index in [0.717, 1.165) is 12.3 Å². The predicted molar refractivity (Wildman–Crippen MR) is 109 cm³/mol. The lowest BCUT2D eigenvalue weighted by Gasteiger charge is -2.00. The quantitative estimate of drug-likeness (QED) is 0.422. The third kappa shape index (κ3) is 2.67. The van der Waals surface area contributed by atoms with Crippen LogP contribution in [-0.4, -0.2) is 14.9 Å². The molecule has 2 heterocycles. The highest BCUT2D eigenvalue weighted by Gasteiger charge is 2.17. The van der Waals surface area contributed by atoms with Crippen molar-refractivity contribution in [3.8, 4) is 0 Å². The number of hydrogen-bond donors (Lipinski definition) is 1. The maximum atomic E-state index is 4.39. The Morgan fingerprint density at radius 2 is 1.72 bits per heavy atom. The zero-order valence-electron chi connectivity index (χ0n) is 14.6. The first-order valence-electron chi connectivity index (χ1n) is 8.51. The molecule has 0 unspecified atom stereocenters. The molecule has 0 aliphatic carbocycles. The van der Waals surface area contributed by atoms with Crippen molar-refractivity contribution in [3.05, 3.63) is 66.1 Å². The Kier molecular flexibility index (Phi) is 4.14. The van der Waals surface area contributed by atoms with Gasteiger partial charge >= 0.3 is 0 Å². The van der Waals surface area contributed by atoms with E-state index in [2.05, 4.69) is 107 Å². The van der Waals surface area contributed by atoms with Crippen LogP contribution in [0.4, 0.5) is 0 Å². The Morgan fingerprint density at radius 1 is 1.00 bits per heavy atom. The summed E-state index contributed by atoms with van der Waals surface area (Å²) in [4.78, 5) is 0. The van der Waals surface area contributed by atoms with Gasteiger partial charge in [-0.15, -0.1) is 0 Å². The minimum atomic E-state index is 0.833. The summed E-state index contributed by atoms with van der Waals surface area (Å²) >= 11 is 4.39. The number of hydrogen-bond acceptors (Lipinski definition) is 1. The second kappa shape index (κ2) is 6.45. The van der Waals surface area contributed by atoms with Crippen LogP contribution in [-0.2, 0) is 20.6 Å². The zero-order valence-corrected chi connectivity index (χ0v) is 15.4. The lowest BCUT2D eigenvalue weighted by molar-refractivity contribution is -0.647. The van der Waals surface area contributed by atoms with Crippen molar-refractivity contribution in [3.63, 3.8) is 0 Å². The van der Waals surface area contributed by atoms with Crippen LogP contribution < -0.4 is 4.57 Å². The minimum Gasteiger partial charge on any atom is -0.346 e. The molecule has 0 saturated heterocycles. The van der Waals surface area contributed by atoms with E-state index in [1.807, 2.05) is 0 Å². The molecule has 4 rings (SSSR count). The van der Waals surface area contributed by atoms with Gasteiger partial charge in [0.25, 0.3) is 5.82 Å². The van der Waals surface area contributed by atoms with Gasteiger partial charge in [-0.3, -0.25) is 0 Å². The zero-order chi connectivity index (χ0) is 17.4. The largest absolute Gasteiger partial charge is 0.346 e. The second-order valence-electron chi connectivity index (χ2n) is 6.32. The highest BCUT2D eigenvalue weighted by atomic mass is 32.1. The number of imidazole rings is 1. The summed E-state index contributed by atoms with van der Waals surface area (Å²) in [5, 5.41) is 1.28. The Hall–Kier alpha value is -2.46. The van der Waals surface area contributed by atoms with Crippen LogP contribution in [0.15, 0.2) is 54.7 Å². The van der Waals surface area contributed by atoms with Crippen LogP contribution in [0.5, 0.6) is 0 Å². The number of thiol groups is 1. The monoisotopic (exact) mass is 348 g/mol. The van der Waals surface area contributed by atoms with Gasteiger partial charge < -0.3 is 4.57 Å². The molecule has 0 amide bonds. The first-order valence-corrected chi connectivity index (χ1v) is 9.14. The van der Waals surface area contributed by atoms with Crippen molar-refractivity contribution in [1.82, 2.24) is 9.13 Å². The van der Waals surface area contributed by atoms with Crippen LogP contribution in [0, 0.1) is 0 Å². The molecule has 0 radical (unpaired) electrons. The van der Waals surface area contributed by atoms with Crippen LogP contribution in [0.1, 0.15) is 11.4 Å². The van der Waals surface area contributed by atoms with Crippen molar-refractivity contribution in [2.24, 2.45) is 14.1 Å². The lowest BCUT2D eigenvalue weighted by atomic mass is 10.1. The van der Waals surface area contributed by atoms with Crippen LogP contribution in [0.2, 0.25) is 0 Å². The van der Waals surface area contributed by atoms with Gasteiger partial charge in [-0.2, -0.15) is 12.6 Å². The summed E-state index contributed by atoms with van der Waals surface area (Å²) in [5.74, 6) is 2.01. The summed E-state index contributed by atoms with van der Waals surface area (Å²) in [6.07, 6.45) is 6.64. The number of benzene rings is 2. The first-order chi connectivity index (χ1) is 12.2. The standard InChI is InChI=1S/C21H21N3S/c1-22-19-9-5-6-10-20(19)23(2)21(22)12-11-16-15-24(13-14-25)18-8-4-3-7-17(16)18/h3-12,15H,13-14H2,1-2H3/p+1. The Labute approximate surface area is 153 Å². The molecule has 2 aromatic heterocycles. The van der Waals surface area contributed by atoms with E-state index in [4.69, 9.17) is 0 Å². The average Bonchev–Trinajstić information content (AvgIpc) is 3.11. The summed E-state index contributed by atoms with van der Waals surface area (Å²) in [7, 11) is 4.23. The van der Waals surface area contributed by atoms with Gasteiger partial charge in [0.2, 0.25) is 0 Å². The van der Waals surface area contributed by atoms with Gasteiger partial charge in [0, 0.05) is 41.0 Å². The fourth-order valence-electron chi connectivity index (χ4n) is 3.59. The van der Waals surface area contributed by atoms with Crippen molar-refractivity contribution in [2.45, 2.75) is 6.54 Å². The number of nitrogens with zero attached hydrogens (tertiary/aromatic N) is 3. The maximum Gasteiger partial charge on any atom is 0.281 e. The summed E-state index contributed by atoms with van der Waals surface area (Å²) < 4.78 is 6.75. The van der Waals surface area contributed by atoms with E-state index in [0.29, 0.717) is 0 Å². The Bertz CT molecular complexity index is 1050. The smallest absolute Gasteiger partial charge is 0.281 e. The first kappa shape index (κ1) is 16.0. The number of rotatable bonds is 4. The third-order valence-corrected chi connectivity index (χ3v) is 5.06. The molecule has 25 heavy (non-hydrogen) atoms. The molecule has 0 spiro atoms. The highest BCUT2D eigenvalue weighted by Crippen LogP contribution is 2.23. The SMILES string of the molecule is Cn1c(/C=C/c2cn(CCS)c3ccccc23)[n+](C)c2ccccc21. The highest BCUT2D eigenvalue weighted by molar-refractivity contribution is 7.80. The fraction of sp³-hybridized carbons (Fsp3) is 0.190. The van der Waals surface area contributed by atoms with Crippen molar-refractivity contribution < 1.29 is 4.57 Å². The molecule has 2 aromatic carbocycles. The van der Waals surface area contributed by atoms with Crippen LogP contribution >= 0.6 is 12.6 Å². The molecular formula is C21H22N3S+. The molecule has 126 valence electrons. The Morgan fingerprint density at radius 3 is 2.48 bits per heavy atom. The molecule has 0 aliphatic rings. The molecule has 4 aromatic rings. The van der Waals surface area contributed by atoms with Gasteiger partial charge in [-0.05, 0) is 24.3 Å². The van der Waals surface area contributed by atoms with Crippen LogP contribution in [0.3, 0.4) is 0 Å². The van der Waals surface area contributed by atoms with E-state index < -0.39 is 0 Å². The molecule has 0 bridgehead atoms. The van der Waals surface area contributed by atoms with Gasteiger partial charge in [0.15, 0.2) is 11.0 Å². The third-order valence-electron chi connectivity index (χ3n) is 4.86. The van der Waals surface area contributed by atoms with E-state index in [1.165, 1.54) is 33.3 Å². The topological polar surface area (TPSA) is 13.7 Å². The summed E-state index contributed by atoms with van der Waals surface area (Å²) in [6.45, 7) is 0.916. The summed E-state index contributed by atoms with van der Waals surface area (Å²) in [6, 6.07) is 17.0. The fourth-order valence-corrected chi connectivity index (χ4v) is 3.81. The molecule has 0 aliphatic heterocycles. The van der Waals surface area contributed by atoms with E-state index in [9.17, 15) is 0 Å². The lowest BCUT2D eigenvalue weighted by Crippen LogP contribution is -2.30. The molecule has 0 saturated carbocycles. The minimum absolute atomic E-state index is 0.833. The van der Waals surface area contributed by atoms with Crippen molar-refractivity contribution >= 4 is 46.7 Å². The molecule has 3 nitrogen and oxygen atoms in total. The molecule has 4 heteroatoms. The van der Waals surface area contributed by atoms with Crippen LogP contribution in [0.25, 0.3) is 34.1 Å². The average molecular weight is 348 g/mol. The molecule has 0 atom stereocenters. The number of aromatic nitrogens is 3. The Balaban J connectivity index is 1.82. The van der Waals surface area contributed by atoms with Gasteiger partial charge in [0.1, 0.15) is 0 Å². The number of fused-ring (bicyclic) bond motifs is 2. The van der Waals surface area contributed by atoms with Gasteiger partial charge in [-0.1, -0.05) is 30.3 Å². The van der Waals surface area contributed by atoms with E-state index in [1.54, 1.807) is 0 Å². The second-order valence-corrected chi connectivity index (χ2v) is 6.76. The summed E-state index contributed by atoms with van der Waals surface area (Å²) in [5.41, 5.74) is 4.98. The molecule has 0 N–H and O–H groups in total. The number of para-hydroxylation sites is 3. The van der Waals surface area contributed by atoms with Gasteiger partial charge in [-0.25, -0.2) is 9.13 Å². The van der Waals surface area contributed by atoms with Gasteiger partial charge in [0.05, 0.1) is 14.1 Å².